The highest BCUT2D eigenvalue weighted by Crippen LogP contribution is 2.57. The molecular formula is C34H52N6O7. The fourth-order valence-electron chi connectivity index (χ4n) is 8.39. The number of ketones is 1. The van der Waals surface area contributed by atoms with Crippen LogP contribution < -0.4 is 9.64 Å². The number of anilines is 1. The summed E-state index contributed by atoms with van der Waals surface area (Å²) in [5.74, 6) is -0.925. The smallest absolute Gasteiger partial charge is 0.410 e. The van der Waals surface area contributed by atoms with E-state index in [9.17, 15) is 14.8 Å². The van der Waals surface area contributed by atoms with Gasteiger partial charge in [-0.2, -0.15) is 4.98 Å². The summed E-state index contributed by atoms with van der Waals surface area (Å²) in [6.07, 6.45) is 6.23. The monoisotopic (exact) mass is 656 g/mol. The minimum absolute atomic E-state index is 0.0420. The van der Waals surface area contributed by atoms with Crippen molar-refractivity contribution in [3.8, 4) is 5.88 Å². The molecule has 2 aliphatic carbocycles. The van der Waals surface area contributed by atoms with Gasteiger partial charge in [0, 0.05) is 45.2 Å². The highest BCUT2D eigenvalue weighted by atomic mass is 16.7. The Balaban J connectivity index is 1.30. The molecule has 260 valence electrons. The standard InChI is InChI=1S/C34H52N6O7/c1-23(25-11-9-15-40(25)31(42)47-32(2,3)4)46-27-22-26(39-18-16-38(5)17-19-39)35-30(36-27)28(41)24-10-8-13-33(29(24)37-43)12-6-7-14-34(33)44-20-21-45-34/h22-25,43H,6-21H2,1-5H3/b37-29+/t23-,24?,25-,33-/m0/s1. The lowest BCUT2D eigenvalue weighted by atomic mass is 9.57. The zero-order chi connectivity index (χ0) is 33.4. The Morgan fingerprint density at radius 1 is 1.00 bits per heavy atom. The van der Waals surface area contributed by atoms with Crippen LogP contribution in [0, 0.1) is 11.3 Å². The van der Waals surface area contributed by atoms with Crippen LogP contribution in [-0.4, -0.2) is 119 Å². The molecule has 1 amide bonds. The Bertz CT molecular complexity index is 1330. The van der Waals surface area contributed by atoms with Gasteiger partial charge < -0.3 is 38.9 Å². The number of rotatable bonds is 6. The lowest BCUT2D eigenvalue weighted by Gasteiger charge is -2.53. The molecule has 4 heterocycles. The average Bonchev–Trinajstić information content (AvgIpc) is 3.73. The quantitative estimate of drug-likeness (QED) is 0.263. The third-order valence-corrected chi connectivity index (χ3v) is 10.7. The molecule has 13 nitrogen and oxygen atoms in total. The van der Waals surface area contributed by atoms with E-state index in [-0.39, 0.29) is 29.6 Å². The summed E-state index contributed by atoms with van der Waals surface area (Å²) in [6.45, 7) is 12.3. The van der Waals surface area contributed by atoms with Crippen LogP contribution in [0.15, 0.2) is 11.2 Å². The van der Waals surface area contributed by atoms with Gasteiger partial charge in [0.1, 0.15) is 17.5 Å². The number of hydrogen-bond donors (Lipinski definition) is 1. The molecule has 0 bridgehead atoms. The van der Waals surface area contributed by atoms with Crippen molar-refractivity contribution < 1.29 is 33.7 Å². The van der Waals surface area contributed by atoms with Gasteiger partial charge in [-0.15, -0.1) is 0 Å². The topological polar surface area (TPSA) is 139 Å². The van der Waals surface area contributed by atoms with Gasteiger partial charge in [0.05, 0.1) is 36.3 Å². The number of amides is 1. The normalized spacial score (nSPS) is 29.9. The van der Waals surface area contributed by atoms with Crippen molar-refractivity contribution in [3.05, 3.63) is 11.9 Å². The summed E-state index contributed by atoms with van der Waals surface area (Å²) in [7, 11) is 2.09. The Morgan fingerprint density at radius 2 is 1.70 bits per heavy atom. The van der Waals surface area contributed by atoms with E-state index in [0.717, 1.165) is 71.1 Å². The summed E-state index contributed by atoms with van der Waals surface area (Å²) >= 11 is 0. The molecule has 5 aliphatic rings. The molecule has 4 atom stereocenters. The number of likely N-dealkylation sites (tertiary alicyclic amines) is 1. The largest absolute Gasteiger partial charge is 0.472 e. The molecule has 1 unspecified atom stereocenters. The number of Topliss-reactive ketones (excluding diaryl/α,β-unsaturated/α-hetero) is 1. The summed E-state index contributed by atoms with van der Waals surface area (Å²) in [6, 6.07) is 1.59. The van der Waals surface area contributed by atoms with Crippen LogP contribution in [0.5, 0.6) is 5.88 Å². The Labute approximate surface area is 277 Å². The van der Waals surface area contributed by atoms with Crippen LogP contribution in [-0.2, 0) is 14.2 Å². The summed E-state index contributed by atoms with van der Waals surface area (Å²) in [5, 5.41) is 14.4. The Morgan fingerprint density at radius 3 is 2.40 bits per heavy atom. The highest BCUT2D eigenvalue weighted by molar-refractivity contribution is 6.13. The number of piperazine rings is 1. The van der Waals surface area contributed by atoms with Crippen molar-refractivity contribution in [2.24, 2.45) is 16.5 Å². The first-order chi connectivity index (χ1) is 22.5. The molecule has 1 aromatic heterocycles. The maximum absolute atomic E-state index is 14.5. The number of carbonyl (C=O) groups is 2. The number of nitrogens with zero attached hydrogens (tertiary/aromatic N) is 6. The third-order valence-electron chi connectivity index (χ3n) is 10.7. The molecule has 47 heavy (non-hydrogen) atoms. The van der Waals surface area contributed by atoms with Crippen LogP contribution in [0.4, 0.5) is 10.6 Å². The molecule has 2 saturated carbocycles. The number of likely N-dealkylation sites (N-methyl/N-ethyl adjacent to an activating group) is 1. The maximum Gasteiger partial charge on any atom is 0.410 e. The predicted octanol–water partition coefficient (Wildman–Crippen LogP) is 4.51. The second-order valence-electron chi connectivity index (χ2n) is 14.9. The van der Waals surface area contributed by atoms with Gasteiger partial charge >= 0.3 is 6.09 Å². The minimum atomic E-state index is -0.876. The molecule has 13 heteroatoms. The lowest BCUT2D eigenvalue weighted by Crippen LogP contribution is -2.60. The molecule has 1 aromatic rings. The van der Waals surface area contributed by atoms with Crippen LogP contribution in [0.1, 0.15) is 96.1 Å². The number of carbonyl (C=O) groups excluding carboxylic acids is 2. The van der Waals surface area contributed by atoms with Crippen LogP contribution in [0.2, 0.25) is 0 Å². The number of ether oxygens (including phenoxy) is 4. The van der Waals surface area contributed by atoms with Crippen molar-refractivity contribution in [2.45, 2.75) is 109 Å². The van der Waals surface area contributed by atoms with Gasteiger partial charge in [0.15, 0.2) is 5.79 Å². The number of hydrogen-bond acceptors (Lipinski definition) is 12. The molecule has 6 rings (SSSR count). The van der Waals surface area contributed by atoms with Crippen molar-refractivity contribution in [1.82, 2.24) is 19.8 Å². The molecular weight excluding hydrogens is 604 g/mol. The van der Waals surface area contributed by atoms with E-state index in [1.54, 1.807) is 11.0 Å². The first kappa shape index (κ1) is 33.9. The predicted molar refractivity (Wildman–Crippen MR) is 174 cm³/mol. The Hall–Kier alpha value is -3.03. The SMILES string of the molecule is C[C@H](Oc1cc(N2CCN(C)CC2)nc(C(=O)C2CCC[C@@]3(CCCCC34OCCO4)/C2=N/O)n1)[C@@H]1CCCN1C(=O)OC(C)(C)C. The van der Waals surface area contributed by atoms with Crippen LogP contribution >= 0.6 is 0 Å². The Kier molecular flexibility index (Phi) is 9.70. The first-order valence-corrected chi connectivity index (χ1v) is 17.5. The van der Waals surface area contributed by atoms with Gasteiger partial charge in [0.25, 0.3) is 0 Å². The first-order valence-electron chi connectivity index (χ1n) is 17.5. The van der Waals surface area contributed by atoms with Gasteiger partial charge in [-0.3, -0.25) is 4.79 Å². The van der Waals surface area contributed by atoms with E-state index in [0.29, 0.717) is 44.1 Å². The average molecular weight is 657 g/mol. The molecule has 3 aliphatic heterocycles. The van der Waals surface area contributed by atoms with Crippen molar-refractivity contribution in [2.75, 3.05) is 57.9 Å². The van der Waals surface area contributed by atoms with Gasteiger partial charge in [-0.25, -0.2) is 9.78 Å². The number of oxime groups is 1. The number of aromatic nitrogens is 2. The molecule has 2 spiro atoms. The summed E-state index contributed by atoms with van der Waals surface area (Å²) < 4.78 is 24.7. The van der Waals surface area contributed by atoms with Gasteiger partial charge in [-0.05, 0) is 73.3 Å². The second kappa shape index (κ2) is 13.5. The van der Waals surface area contributed by atoms with Crippen LogP contribution in [0.3, 0.4) is 0 Å². The fourth-order valence-corrected chi connectivity index (χ4v) is 8.39. The van der Waals surface area contributed by atoms with Crippen LogP contribution in [0.25, 0.3) is 0 Å². The van der Waals surface area contributed by atoms with E-state index in [1.807, 2.05) is 27.7 Å². The van der Waals surface area contributed by atoms with Gasteiger partial charge in [0.2, 0.25) is 17.5 Å². The van der Waals surface area contributed by atoms with Crippen molar-refractivity contribution in [1.29, 1.82) is 0 Å². The van der Waals surface area contributed by atoms with E-state index < -0.39 is 28.8 Å². The zero-order valence-corrected chi connectivity index (χ0v) is 28.7. The van der Waals surface area contributed by atoms with E-state index in [4.69, 9.17) is 28.9 Å². The minimum Gasteiger partial charge on any atom is -0.472 e. The molecule has 1 N–H and O–H groups in total. The molecule has 0 radical (unpaired) electrons. The van der Waals surface area contributed by atoms with Crippen molar-refractivity contribution >= 4 is 23.4 Å². The van der Waals surface area contributed by atoms with Gasteiger partial charge in [-0.1, -0.05) is 18.0 Å². The molecule has 5 fully saturated rings. The fraction of sp³-hybridized carbons (Fsp3) is 0.794. The maximum atomic E-state index is 14.5. The molecule has 3 saturated heterocycles. The zero-order valence-electron chi connectivity index (χ0n) is 28.7. The molecule has 0 aromatic carbocycles. The summed E-state index contributed by atoms with van der Waals surface area (Å²) in [4.78, 5) is 43.2. The van der Waals surface area contributed by atoms with E-state index >= 15 is 0 Å². The van der Waals surface area contributed by atoms with Crippen molar-refractivity contribution in [3.63, 3.8) is 0 Å². The summed E-state index contributed by atoms with van der Waals surface area (Å²) in [5.41, 5.74) is -0.847. The highest BCUT2D eigenvalue weighted by Gasteiger charge is 2.63. The number of fused-ring (bicyclic) bond motifs is 1. The lowest BCUT2D eigenvalue weighted by molar-refractivity contribution is -0.238. The third kappa shape index (κ3) is 6.67. The second-order valence-corrected chi connectivity index (χ2v) is 14.9. The van der Waals surface area contributed by atoms with E-state index in [2.05, 4.69) is 22.0 Å². The van der Waals surface area contributed by atoms with E-state index in [1.165, 1.54) is 0 Å².